The third kappa shape index (κ3) is 2.38. The Bertz CT molecular complexity index is 596. The monoisotopic (exact) mass is 268 g/mol. The fourth-order valence-electron chi connectivity index (χ4n) is 1.58. The van der Waals surface area contributed by atoms with E-state index in [9.17, 15) is 13.6 Å². The molecule has 0 fully saturated rings. The van der Waals surface area contributed by atoms with Crippen LogP contribution in [0.3, 0.4) is 0 Å². The molecule has 18 heavy (non-hydrogen) atoms. The summed E-state index contributed by atoms with van der Waals surface area (Å²) in [6, 6.07) is 6.76. The molecule has 94 valence electrons. The van der Waals surface area contributed by atoms with Gasteiger partial charge in [0.15, 0.2) is 5.13 Å². The van der Waals surface area contributed by atoms with Gasteiger partial charge in [0.1, 0.15) is 10.6 Å². The molecule has 0 atom stereocenters. The van der Waals surface area contributed by atoms with Crippen LogP contribution in [0, 0.1) is 6.92 Å². The summed E-state index contributed by atoms with van der Waals surface area (Å²) < 4.78 is 25.5. The first-order valence-electron chi connectivity index (χ1n) is 5.14. The number of ketones is 1. The largest absolute Gasteiger partial charge is 0.375 e. The molecule has 0 aliphatic rings. The molecular weight excluding hydrogens is 258 g/mol. The van der Waals surface area contributed by atoms with Gasteiger partial charge >= 0.3 is 0 Å². The van der Waals surface area contributed by atoms with Crippen LogP contribution in [0.1, 0.15) is 32.9 Å². The van der Waals surface area contributed by atoms with Gasteiger partial charge in [-0.1, -0.05) is 35.1 Å². The number of rotatable bonds is 3. The SMILES string of the molecule is Cc1cccc(C(=O)c2sc(N)nc2C(F)F)c1. The fourth-order valence-corrected chi connectivity index (χ4v) is 2.38. The third-order valence-corrected chi connectivity index (χ3v) is 3.26. The number of nitrogen functional groups attached to an aromatic ring is 1. The fraction of sp³-hybridized carbons (Fsp3) is 0.167. The van der Waals surface area contributed by atoms with Crippen LogP contribution in [-0.2, 0) is 0 Å². The van der Waals surface area contributed by atoms with Crippen LogP contribution in [-0.4, -0.2) is 10.8 Å². The zero-order chi connectivity index (χ0) is 13.3. The van der Waals surface area contributed by atoms with Crippen LogP contribution in [0.5, 0.6) is 0 Å². The van der Waals surface area contributed by atoms with Gasteiger partial charge in [0.2, 0.25) is 5.78 Å². The second-order valence-corrected chi connectivity index (χ2v) is 4.80. The van der Waals surface area contributed by atoms with E-state index in [1.54, 1.807) is 18.2 Å². The summed E-state index contributed by atoms with van der Waals surface area (Å²) in [6.45, 7) is 1.83. The lowest BCUT2D eigenvalue weighted by molar-refractivity contribution is 0.102. The Morgan fingerprint density at radius 3 is 2.78 bits per heavy atom. The average molecular weight is 268 g/mol. The van der Waals surface area contributed by atoms with Crippen molar-refractivity contribution in [1.29, 1.82) is 0 Å². The molecule has 0 bridgehead atoms. The van der Waals surface area contributed by atoms with Crippen LogP contribution >= 0.6 is 11.3 Å². The Balaban J connectivity index is 2.46. The van der Waals surface area contributed by atoms with E-state index < -0.39 is 17.9 Å². The molecule has 2 aromatic rings. The van der Waals surface area contributed by atoms with E-state index in [0.29, 0.717) is 5.56 Å². The van der Waals surface area contributed by atoms with Gasteiger partial charge in [-0.05, 0) is 13.0 Å². The minimum absolute atomic E-state index is 0.0266. The lowest BCUT2D eigenvalue weighted by Gasteiger charge is -2.02. The number of nitrogens with two attached hydrogens (primary N) is 1. The smallest absolute Gasteiger partial charge is 0.282 e. The highest BCUT2D eigenvalue weighted by atomic mass is 32.1. The van der Waals surface area contributed by atoms with E-state index in [2.05, 4.69) is 4.98 Å². The average Bonchev–Trinajstić information content (AvgIpc) is 2.70. The van der Waals surface area contributed by atoms with E-state index >= 15 is 0 Å². The Labute approximate surface area is 106 Å². The van der Waals surface area contributed by atoms with Gasteiger partial charge in [-0.15, -0.1) is 0 Å². The summed E-state index contributed by atoms with van der Waals surface area (Å²) in [5, 5.41) is -0.0266. The topological polar surface area (TPSA) is 56.0 Å². The Kier molecular flexibility index (Phi) is 3.38. The molecular formula is C12H10F2N2OS. The van der Waals surface area contributed by atoms with Crippen LogP contribution in [0.2, 0.25) is 0 Å². The first kappa shape index (κ1) is 12.6. The molecule has 1 aromatic heterocycles. The molecule has 1 aromatic carbocycles. The summed E-state index contributed by atoms with van der Waals surface area (Å²) in [5.41, 5.74) is 6.09. The van der Waals surface area contributed by atoms with E-state index in [-0.39, 0.29) is 10.0 Å². The van der Waals surface area contributed by atoms with Crippen LogP contribution < -0.4 is 5.73 Å². The maximum atomic E-state index is 12.7. The van der Waals surface area contributed by atoms with Crippen LogP contribution in [0.4, 0.5) is 13.9 Å². The number of carbonyl (C=O) groups excluding carboxylic acids is 1. The quantitative estimate of drug-likeness (QED) is 0.870. The molecule has 0 amide bonds. The number of halogens is 2. The van der Waals surface area contributed by atoms with Crippen molar-refractivity contribution in [3.8, 4) is 0 Å². The number of alkyl halides is 2. The number of nitrogens with zero attached hydrogens (tertiary/aromatic N) is 1. The Morgan fingerprint density at radius 1 is 1.44 bits per heavy atom. The normalized spacial score (nSPS) is 10.9. The maximum absolute atomic E-state index is 12.7. The highest BCUT2D eigenvalue weighted by molar-refractivity contribution is 7.17. The minimum Gasteiger partial charge on any atom is -0.375 e. The van der Waals surface area contributed by atoms with E-state index in [4.69, 9.17) is 5.73 Å². The number of anilines is 1. The second kappa shape index (κ2) is 4.81. The number of hydrogen-bond acceptors (Lipinski definition) is 4. The molecule has 2 N–H and O–H groups in total. The van der Waals surface area contributed by atoms with Crippen molar-refractivity contribution in [2.45, 2.75) is 13.3 Å². The summed E-state index contributed by atoms with van der Waals surface area (Å²) >= 11 is 0.789. The molecule has 0 unspecified atom stereocenters. The standard InChI is InChI=1S/C12H10F2N2OS/c1-6-3-2-4-7(5-6)9(17)10-8(11(13)14)16-12(15)18-10/h2-5,11H,1H3,(H2,15,16). The van der Waals surface area contributed by atoms with Crippen molar-refractivity contribution in [2.24, 2.45) is 0 Å². The van der Waals surface area contributed by atoms with Crippen LogP contribution in [0.15, 0.2) is 24.3 Å². The third-order valence-electron chi connectivity index (χ3n) is 2.36. The van der Waals surface area contributed by atoms with Crippen molar-refractivity contribution in [1.82, 2.24) is 4.98 Å². The lowest BCUT2D eigenvalue weighted by atomic mass is 10.1. The number of benzene rings is 1. The predicted molar refractivity (Wildman–Crippen MR) is 66.1 cm³/mol. The summed E-state index contributed by atoms with van der Waals surface area (Å²) in [7, 11) is 0. The van der Waals surface area contributed by atoms with Gasteiger partial charge in [0.05, 0.1) is 0 Å². The van der Waals surface area contributed by atoms with Crippen molar-refractivity contribution in [3.63, 3.8) is 0 Å². The molecule has 0 radical (unpaired) electrons. The molecule has 1 heterocycles. The number of thiazole rings is 1. The minimum atomic E-state index is -2.80. The Morgan fingerprint density at radius 2 is 2.17 bits per heavy atom. The summed E-state index contributed by atoms with van der Waals surface area (Å²) in [5.74, 6) is -0.469. The van der Waals surface area contributed by atoms with Crippen LogP contribution in [0.25, 0.3) is 0 Å². The van der Waals surface area contributed by atoms with Gasteiger partial charge in [0, 0.05) is 5.56 Å². The number of carbonyl (C=O) groups is 1. The lowest BCUT2D eigenvalue weighted by Crippen LogP contribution is -2.03. The van der Waals surface area contributed by atoms with Gasteiger partial charge in [-0.25, -0.2) is 13.8 Å². The van der Waals surface area contributed by atoms with E-state index in [0.717, 1.165) is 16.9 Å². The zero-order valence-electron chi connectivity index (χ0n) is 9.48. The second-order valence-electron chi connectivity index (χ2n) is 3.77. The number of hydrogen-bond donors (Lipinski definition) is 1. The molecule has 0 saturated heterocycles. The first-order valence-corrected chi connectivity index (χ1v) is 5.96. The van der Waals surface area contributed by atoms with Crippen molar-refractivity contribution < 1.29 is 13.6 Å². The molecule has 0 aliphatic carbocycles. The highest BCUT2D eigenvalue weighted by Crippen LogP contribution is 2.30. The molecule has 0 saturated carbocycles. The molecule has 2 rings (SSSR count). The highest BCUT2D eigenvalue weighted by Gasteiger charge is 2.24. The zero-order valence-corrected chi connectivity index (χ0v) is 10.3. The van der Waals surface area contributed by atoms with Crippen molar-refractivity contribution in [3.05, 3.63) is 46.0 Å². The maximum Gasteiger partial charge on any atom is 0.282 e. The van der Waals surface area contributed by atoms with Gasteiger partial charge in [-0.2, -0.15) is 0 Å². The first-order chi connectivity index (χ1) is 8.49. The summed E-state index contributed by atoms with van der Waals surface area (Å²) in [4.78, 5) is 15.5. The molecule has 6 heteroatoms. The molecule has 0 spiro atoms. The van der Waals surface area contributed by atoms with Gasteiger partial charge in [0.25, 0.3) is 6.43 Å². The Hall–Kier alpha value is -1.82. The van der Waals surface area contributed by atoms with Crippen molar-refractivity contribution in [2.75, 3.05) is 5.73 Å². The van der Waals surface area contributed by atoms with E-state index in [1.807, 2.05) is 13.0 Å². The predicted octanol–water partition coefficient (Wildman–Crippen LogP) is 3.20. The summed E-state index contributed by atoms with van der Waals surface area (Å²) in [6.07, 6.45) is -2.80. The number of aryl methyl sites for hydroxylation is 1. The molecule has 3 nitrogen and oxygen atoms in total. The molecule has 0 aliphatic heterocycles. The van der Waals surface area contributed by atoms with Gasteiger partial charge in [-0.3, -0.25) is 4.79 Å². The van der Waals surface area contributed by atoms with E-state index in [1.165, 1.54) is 0 Å². The van der Waals surface area contributed by atoms with Crippen molar-refractivity contribution >= 4 is 22.3 Å². The van der Waals surface area contributed by atoms with Gasteiger partial charge < -0.3 is 5.73 Å². The number of aromatic nitrogens is 1.